The highest BCUT2D eigenvalue weighted by Gasteiger charge is 2.20. The highest BCUT2D eigenvalue weighted by molar-refractivity contribution is 5.38. The van der Waals surface area contributed by atoms with Gasteiger partial charge in [0, 0.05) is 18.7 Å². The topological polar surface area (TPSA) is 30.5 Å². The SMILES string of the molecule is COc1cc(CNC2CC2)cc(OC)c1. The quantitative estimate of drug-likeness (QED) is 0.800. The molecule has 0 unspecified atom stereocenters. The Morgan fingerprint density at radius 1 is 1.13 bits per heavy atom. The summed E-state index contributed by atoms with van der Waals surface area (Å²) in [6.07, 6.45) is 2.61. The van der Waals surface area contributed by atoms with Crippen molar-refractivity contribution in [1.82, 2.24) is 5.32 Å². The molecule has 3 nitrogen and oxygen atoms in total. The molecule has 0 aromatic heterocycles. The molecule has 1 aliphatic rings. The van der Waals surface area contributed by atoms with Gasteiger partial charge in [-0.05, 0) is 30.5 Å². The van der Waals surface area contributed by atoms with Crippen molar-refractivity contribution in [2.24, 2.45) is 0 Å². The van der Waals surface area contributed by atoms with E-state index >= 15 is 0 Å². The Bertz CT molecular complexity index is 312. The summed E-state index contributed by atoms with van der Waals surface area (Å²) in [5, 5.41) is 3.46. The minimum Gasteiger partial charge on any atom is -0.497 e. The van der Waals surface area contributed by atoms with Gasteiger partial charge in [0.2, 0.25) is 0 Å². The number of hydrogen-bond donors (Lipinski definition) is 1. The van der Waals surface area contributed by atoms with Crippen LogP contribution in [0.2, 0.25) is 0 Å². The van der Waals surface area contributed by atoms with Crippen molar-refractivity contribution in [3.8, 4) is 11.5 Å². The van der Waals surface area contributed by atoms with E-state index in [1.807, 2.05) is 18.2 Å². The van der Waals surface area contributed by atoms with E-state index < -0.39 is 0 Å². The molecule has 0 saturated heterocycles. The van der Waals surface area contributed by atoms with Gasteiger partial charge in [0.15, 0.2) is 0 Å². The van der Waals surface area contributed by atoms with Crippen LogP contribution in [-0.4, -0.2) is 20.3 Å². The van der Waals surface area contributed by atoms with Crippen molar-refractivity contribution >= 4 is 0 Å². The third-order valence-electron chi connectivity index (χ3n) is 2.58. The van der Waals surface area contributed by atoms with Gasteiger partial charge in [-0.2, -0.15) is 0 Å². The molecule has 1 aromatic rings. The zero-order chi connectivity index (χ0) is 10.7. The van der Waals surface area contributed by atoms with E-state index in [9.17, 15) is 0 Å². The van der Waals surface area contributed by atoms with Crippen LogP contribution in [0.3, 0.4) is 0 Å². The first-order valence-corrected chi connectivity index (χ1v) is 5.27. The minimum atomic E-state index is 0.724. The molecule has 0 aliphatic heterocycles. The second-order valence-corrected chi connectivity index (χ2v) is 3.88. The van der Waals surface area contributed by atoms with E-state index in [4.69, 9.17) is 9.47 Å². The molecule has 0 heterocycles. The van der Waals surface area contributed by atoms with Gasteiger partial charge < -0.3 is 14.8 Å². The summed E-state index contributed by atoms with van der Waals surface area (Å²) in [6, 6.07) is 6.69. The van der Waals surface area contributed by atoms with Gasteiger partial charge in [-0.3, -0.25) is 0 Å². The van der Waals surface area contributed by atoms with Gasteiger partial charge in [0.05, 0.1) is 14.2 Å². The minimum absolute atomic E-state index is 0.724. The first-order chi connectivity index (χ1) is 7.31. The lowest BCUT2D eigenvalue weighted by atomic mass is 10.2. The average Bonchev–Trinajstić information content (AvgIpc) is 3.09. The summed E-state index contributed by atoms with van der Waals surface area (Å²) < 4.78 is 10.4. The van der Waals surface area contributed by atoms with Crippen molar-refractivity contribution in [3.63, 3.8) is 0 Å². The first kappa shape index (κ1) is 10.3. The van der Waals surface area contributed by atoms with Crippen LogP contribution in [0.1, 0.15) is 18.4 Å². The summed E-state index contributed by atoms with van der Waals surface area (Å²) in [5.74, 6) is 1.70. The number of hydrogen-bond acceptors (Lipinski definition) is 3. The van der Waals surface area contributed by atoms with Crippen molar-refractivity contribution in [2.75, 3.05) is 14.2 Å². The van der Waals surface area contributed by atoms with Gasteiger partial charge in [-0.25, -0.2) is 0 Å². The lowest BCUT2D eigenvalue weighted by molar-refractivity contribution is 0.393. The standard InChI is InChI=1S/C12H17NO2/c1-14-11-5-9(6-12(7-11)15-2)8-13-10-3-4-10/h5-7,10,13H,3-4,8H2,1-2H3. The maximum absolute atomic E-state index is 5.21. The Balaban J connectivity index is 2.06. The molecule has 0 amide bonds. The van der Waals surface area contributed by atoms with Crippen LogP contribution >= 0.6 is 0 Å². The normalized spacial score (nSPS) is 15.1. The molecule has 2 rings (SSSR count). The zero-order valence-corrected chi connectivity index (χ0v) is 9.25. The number of rotatable bonds is 5. The molecule has 0 spiro atoms. The van der Waals surface area contributed by atoms with E-state index in [1.54, 1.807) is 14.2 Å². The fourth-order valence-electron chi connectivity index (χ4n) is 1.52. The lowest BCUT2D eigenvalue weighted by Crippen LogP contribution is -2.15. The van der Waals surface area contributed by atoms with Crippen molar-refractivity contribution in [3.05, 3.63) is 23.8 Å². The van der Waals surface area contributed by atoms with Crippen LogP contribution in [0.4, 0.5) is 0 Å². The van der Waals surface area contributed by atoms with E-state index in [2.05, 4.69) is 5.32 Å². The molecule has 1 N–H and O–H groups in total. The Labute approximate surface area is 90.4 Å². The van der Waals surface area contributed by atoms with Crippen molar-refractivity contribution in [2.45, 2.75) is 25.4 Å². The predicted octanol–water partition coefficient (Wildman–Crippen LogP) is 1.96. The average molecular weight is 207 g/mol. The van der Waals surface area contributed by atoms with Crippen LogP contribution in [0.15, 0.2) is 18.2 Å². The molecule has 0 bridgehead atoms. The summed E-state index contributed by atoms with van der Waals surface area (Å²) >= 11 is 0. The third-order valence-corrected chi connectivity index (χ3v) is 2.58. The number of nitrogens with one attached hydrogen (secondary N) is 1. The highest BCUT2D eigenvalue weighted by atomic mass is 16.5. The summed E-state index contributed by atoms with van der Waals surface area (Å²) in [7, 11) is 3.35. The largest absolute Gasteiger partial charge is 0.497 e. The Kier molecular flexibility index (Phi) is 3.11. The van der Waals surface area contributed by atoms with E-state index in [-0.39, 0.29) is 0 Å². The fraction of sp³-hybridized carbons (Fsp3) is 0.500. The van der Waals surface area contributed by atoms with Crippen LogP contribution in [-0.2, 0) is 6.54 Å². The van der Waals surface area contributed by atoms with Crippen molar-refractivity contribution < 1.29 is 9.47 Å². The molecular weight excluding hydrogens is 190 g/mol. The monoisotopic (exact) mass is 207 g/mol. The van der Waals surface area contributed by atoms with Crippen LogP contribution in [0.25, 0.3) is 0 Å². The molecule has 1 aromatic carbocycles. The number of benzene rings is 1. The zero-order valence-electron chi connectivity index (χ0n) is 9.25. The van der Waals surface area contributed by atoms with Crippen LogP contribution in [0, 0.1) is 0 Å². The van der Waals surface area contributed by atoms with Gasteiger partial charge >= 0.3 is 0 Å². The molecule has 0 atom stereocenters. The maximum Gasteiger partial charge on any atom is 0.122 e. The summed E-state index contributed by atoms with van der Waals surface area (Å²) in [4.78, 5) is 0. The number of methoxy groups -OCH3 is 2. The second kappa shape index (κ2) is 4.53. The van der Waals surface area contributed by atoms with Gasteiger partial charge in [0.1, 0.15) is 11.5 Å². The molecule has 3 heteroatoms. The molecule has 15 heavy (non-hydrogen) atoms. The Morgan fingerprint density at radius 2 is 1.73 bits per heavy atom. The molecule has 1 aliphatic carbocycles. The molecule has 1 fully saturated rings. The summed E-state index contributed by atoms with van der Waals surface area (Å²) in [5.41, 5.74) is 1.21. The highest BCUT2D eigenvalue weighted by Crippen LogP contribution is 2.24. The lowest BCUT2D eigenvalue weighted by Gasteiger charge is -2.08. The van der Waals surface area contributed by atoms with E-state index in [1.165, 1.54) is 18.4 Å². The third kappa shape index (κ3) is 2.86. The van der Waals surface area contributed by atoms with E-state index in [0.29, 0.717) is 0 Å². The molecule has 82 valence electrons. The van der Waals surface area contributed by atoms with Crippen LogP contribution < -0.4 is 14.8 Å². The van der Waals surface area contributed by atoms with Gasteiger partial charge in [0.25, 0.3) is 0 Å². The summed E-state index contributed by atoms with van der Waals surface area (Å²) in [6.45, 7) is 0.887. The Hall–Kier alpha value is -1.22. The van der Waals surface area contributed by atoms with Crippen LogP contribution in [0.5, 0.6) is 11.5 Å². The van der Waals surface area contributed by atoms with Gasteiger partial charge in [-0.15, -0.1) is 0 Å². The van der Waals surface area contributed by atoms with E-state index in [0.717, 1.165) is 24.1 Å². The first-order valence-electron chi connectivity index (χ1n) is 5.27. The maximum atomic E-state index is 5.21. The second-order valence-electron chi connectivity index (χ2n) is 3.88. The number of ether oxygens (including phenoxy) is 2. The molecule has 0 radical (unpaired) electrons. The van der Waals surface area contributed by atoms with Gasteiger partial charge in [-0.1, -0.05) is 0 Å². The van der Waals surface area contributed by atoms with Crippen molar-refractivity contribution in [1.29, 1.82) is 0 Å². The smallest absolute Gasteiger partial charge is 0.122 e. The predicted molar refractivity (Wildman–Crippen MR) is 59.4 cm³/mol. The molecule has 1 saturated carbocycles. The fourth-order valence-corrected chi connectivity index (χ4v) is 1.52. The Morgan fingerprint density at radius 3 is 2.20 bits per heavy atom. The molecular formula is C12H17NO2.